The first-order valence-electron chi connectivity index (χ1n) is 13.2. The molecule has 41 heavy (non-hydrogen) atoms. The van der Waals surface area contributed by atoms with Crippen molar-refractivity contribution < 1.29 is 42.9 Å². The SMILES string of the molecule is CCC(C)C[C@@H]1O[C@H](CC(=O)Nc2cccc(OC(F)(F)C(=O)O)c2)C(=O)N(CC(C)(C)CO)c2ccc(Cl)cc21. The fraction of sp³-hybridized carbons (Fsp3) is 0.483. The Hall–Kier alpha value is -3.28. The number of anilines is 2. The van der Waals surface area contributed by atoms with Crippen molar-refractivity contribution in [3.8, 4) is 5.75 Å². The van der Waals surface area contributed by atoms with Crippen molar-refractivity contribution in [3.05, 3.63) is 53.1 Å². The molecule has 3 atom stereocenters. The van der Waals surface area contributed by atoms with Crippen LogP contribution in [0.25, 0.3) is 0 Å². The van der Waals surface area contributed by atoms with Crippen LogP contribution in [0, 0.1) is 11.3 Å². The van der Waals surface area contributed by atoms with Crippen molar-refractivity contribution in [1.82, 2.24) is 0 Å². The molecule has 9 nitrogen and oxygen atoms in total. The number of benzene rings is 2. The number of aliphatic carboxylic acids is 1. The van der Waals surface area contributed by atoms with Crippen molar-refractivity contribution in [2.75, 3.05) is 23.4 Å². The van der Waals surface area contributed by atoms with E-state index in [9.17, 15) is 28.3 Å². The van der Waals surface area contributed by atoms with Crippen LogP contribution in [-0.2, 0) is 19.1 Å². The van der Waals surface area contributed by atoms with Crippen LogP contribution >= 0.6 is 11.6 Å². The lowest BCUT2D eigenvalue weighted by Gasteiger charge is -2.32. The number of aliphatic hydroxyl groups is 1. The molecule has 0 aromatic heterocycles. The number of halogens is 3. The zero-order valence-corrected chi connectivity index (χ0v) is 24.1. The number of nitrogens with one attached hydrogen (secondary N) is 1. The predicted octanol–water partition coefficient (Wildman–Crippen LogP) is 5.65. The monoisotopic (exact) mass is 596 g/mol. The highest BCUT2D eigenvalue weighted by atomic mass is 35.5. The van der Waals surface area contributed by atoms with Gasteiger partial charge < -0.3 is 29.9 Å². The Bertz CT molecular complexity index is 1270. The summed E-state index contributed by atoms with van der Waals surface area (Å²) in [6.45, 7) is 7.66. The summed E-state index contributed by atoms with van der Waals surface area (Å²) in [5, 5.41) is 21.5. The first-order valence-corrected chi connectivity index (χ1v) is 13.6. The molecule has 3 rings (SSSR count). The Labute approximate surface area is 242 Å². The number of amides is 2. The third-order valence-electron chi connectivity index (χ3n) is 6.81. The van der Waals surface area contributed by atoms with E-state index < -0.39 is 53.7 Å². The van der Waals surface area contributed by atoms with Crippen molar-refractivity contribution >= 4 is 40.8 Å². The minimum absolute atomic E-state index is 0.0549. The molecule has 0 fully saturated rings. The summed E-state index contributed by atoms with van der Waals surface area (Å²) in [4.78, 5) is 39.2. The van der Waals surface area contributed by atoms with Gasteiger partial charge in [-0.15, -0.1) is 0 Å². The van der Waals surface area contributed by atoms with Crippen molar-refractivity contribution in [1.29, 1.82) is 0 Å². The summed E-state index contributed by atoms with van der Waals surface area (Å²) >= 11 is 6.34. The summed E-state index contributed by atoms with van der Waals surface area (Å²) in [5.41, 5.74) is 0.668. The maximum absolute atomic E-state index is 13.9. The first kappa shape index (κ1) is 32.2. The second-order valence-electron chi connectivity index (χ2n) is 11.0. The number of rotatable bonds is 12. The van der Waals surface area contributed by atoms with Gasteiger partial charge in [0, 0.05) is 46.6 Å². The van der Waals surface area contributed by atoms with Gasteiger partial charge in [-0.3, -0.25) is 9.59 Å². The van der Waals surface area contributed by atoms with Crippen LogP contribution in [0.2, 0.25) is 5.02 Å². The second kappa shape index (κ2) is 13.1. The smallest absolute Gasteiger partial charge is 0.474 e. The number of carbonyl (C=O) groups is 3. The van der Waals surface area contributed by atoms with Crippen LogP contribution in [-0.4, -0.2) is 53.4 Å². The minimum atomic E-state index is -4.46. The van der Waals surface area contributed by atoms with Crippen LogP contribution in [0.15, 0.2) is 42.5 Å². The van der Waals surface area contributed by atoms with E-state index in [1.165, 1.54) is 17.0 Å². The van der Waals surface area contributed by atoms with Gasteiger partial charge in [-0.1, -0.05) is 51.8 Å². The average molecular weight is 597 g/mol. The Balaban J connectivity index is 1.91. The number of hydrogen-bond donors (Lipinski definition) is 3. The van der Waals surface area contributed by atoms with E-state index in [1.54, 1.807) is 18.2 Å². The molecular formula is C29H35ClF2N2O7. The molecule has 0 spiro atoms. The largest absolute Gasteiger partial charge is 0.501 e. The quantitative estimate of drug-likeness (QED) is 0.289. The Morgan fingerprint density at radius 3 is 2.54 bits per heavy atom. The molecule has 2 aromatic carbocycles. The van der Waals surface area contributed by atoms with E-state index in [4.69, 9.17) is 21.4 Å². The molecule has 0 saturated heterocycles. The zero-order valence-electron chi connectivity index (χ0n) is 23.3. The fourth-order valence-electron chi connectivity index (χ4n) is 4.35. The molecule has 3 N–H and O–H groups in total. The lowest BCUT2D eigenvalue weighted by atomic mass is 9.92. The van der Waals surface area contributed by atoms with Gasteiger partial charge >= 0.3 is 12.1 Å². The highest BCUT2D eigenvalue weighted by Crippen LogP contribution is 2.41. The zero-order chi connectivity index (χ0) is 30.5. The summed E-state index contributed by atoms with van der Waals surface area (Å²) in [6, 6.07) is 10.0. The fourth-order valence-corrected chi connectivity index (χ4v) is 4.53. The lowest BCUT2D eigenvalue weighted by molar-refractivity contribution is -0.210. The van der Waals surface area contributed by atoms with Crippen molar-refractivity contribution in [2.24, 2.45) is 11.3 Å². The van der Waals surface area contributed by atoms with Crippen LogP contribution < -0.4 is 15.0 Å². The van der Waals surface area contributed by atoms with Gasteiger partial charge in [0.05, 0.1) is 12.5 Å². The molecule has 0 radical (unpaired) electrons. The molecule has 1 heterocycles. The molecular weight excluding hydrogens is 562 g/mol. The number of aliphatic hydroxyl groups excluding tert-OH is 1. The summed E-state index contributed by atoms with van der Waals surface area (Å²) in [7, 11) is 0. The average Bonchev–Trinajstić information content (AvgIpc) is 2.99. The third-order valence-corrected chi connectivity index (χ3v) is 7.04. The van der Waals surface area contributed by atoms with Gasteiger partial charge in [-0.25, -0.2) is 4.79 Å². The molecule has 224 valence electrons. The maximum atomic E-state index is 13.9. The van der Waals surface area contributed by atoms with E-state index >= 15 is 0 Å². The standard InChI is InChI=1S/C29H35ClF2N2O7/c1-5-17(2)11-23-21-12-18(30)9-10-22(21)34(15-28(3,4)16-35)26(37)24(40-23)14-25(36)33-19-7-6-8-20(13-19)41-29(31,32)27(38)39/h6-10,12-13,17,23-24,35H,5,11,14-16H2,1-4H3,(H,33,36)(H,38,39)/t17?,23-,24+/m0/s1. The maximum Gasteiger partial charge on any atom is 0.501 e. The predicted molar refractivity (Wildman–Crippen MR) is 149 cm³/mol. The molecule has 12 heteroatoms. The summed E-state index contributed by atoms with van der Waals surface area (Å²) < 4.78 is 37.6. The van der Waals surface area contributed by atoms with Crippen LogP contribution in [0.3, 0.4) is 0 Å². The van der Waals surface area contributed by atoms with Crippen molar-refractivity contribution in [2.45, 2.75) is 65.3 Å². The Morgan fingerprint density at radius 2 is 1.90 bits per heavy atom. The van der Waals surface area contributed by atoms with E-state index in [0.717, 1.165) is 18.6 Å². The molecule has 0 aliphatic carbocycles. The first-order chi connectivity index (χ1) is 19.2. The van der Waals surface area contributed by atoms with E-state index in [-0.39, 0.29) is 24.8 Å². The minimum Gasteiger partial charge on any atom is -0.474 e. The van der Waals surface area contributed by atoms with Gasteiger partial charge in [0.1, 0.15) is 11.9 Å². The number of ether oxygens (including phenoxy) is 2. The number of nitrogens with zero attached hydrogens (tertiary/aromatic N) is 1. The normalized spacial score (nSPS) is 18.3. The second-order valence-corrected chi connectivity index (χ2v) is 11.5. The Morgan fingerprint density at radius 1 is 1.20 bits per heavy atom. The lowest BCUT2D eigenvalue weighted by Crippen LogP contribution is -2.46. The summed E-state index contributed by atoms with van der Waals surface area (Å²) in [6.07, 6.45) is -5.21. The number of carboxylic acid groups (broad SMARTS) is 1. The number of fused-ring (bicyclic) bond motifs is 1. The highest BCUT2D eigenvalue weighted by molar-refractivity contribution is 6.30. The number of carboxylic acids is 1. The molecule has 0 bridgehead atoms. The molecule has 1 unspecified atom stereocenters. The molecule has 2 aromatic rings. The topological polar surface area (TPSA) is 125 Å². The molecule has 1 aliphatic heterocycles. The number of carbonyl (C=O) groups excluding carboxylic acids is 2. The molecule has 0 saturated carbocycles. The Kier molecular flexibility index (Phi) is 10.3. The van der Waals surface area contributed by atoms with E-state index in [1.807, 2.05) is 20.8 Å². The third kappa shape index (κ3) is 8.37. The molecule has 2 amide bonds. The number of alkyl halides is 2. The van der Waals surface area contributed by atoms with E-state index in [2.05, 4.69) is 17.0 Å². The van der Waals surface area contributed by atoms with Gasteiger partial charge in [-0.2, -0.15) is 8.78 Å². The van der Waals surface area contributed by atoms with E-state index in [0.29, 0.717) is 22.7 Å². The van der Waals surface area contributed by atoms with Gasteiger partial charge in [0.15, 0.2) is 0 Å². The van der Waals surface area contributed by atoms with Crippen molar-refractivity contribution in [3.63, 3.8) is 0 Å². The number of hydrogen-bond acceptors (Lipinski definition) is 6. The van der Waals surface area contributed by atoms with Gasteiger partial charge in [-0.05, 0) is 42.7 Å². The molecule has 1 aliphatic rings. The van der Waals surface area contributed by atoms with Gasteiger partial charge in [0.2, 0.25) is 5.91 Å². The van der Waals surface area contributed by atoms with Crippen LogP contribution in [0.5, 0.6) is 5.75 Å². The summed E-state index contributed by atoms with van der Waals surface area (Å²) in [5.74, 6) is -3.83. The van der Waals surface area contributed by atoms with Gasteiger partial charge in [0.25, 0.3) is 5.91 Å². The van der Waals surface area contributed by atoms with Crippen LogP contribution in [0.4, 0.5) is 20.2 Å². The highest BCUT2D eigenvalue weighted by Gasteiger charge is 2.43. The van der Waals surface area contributed by atoms with Crippen LogP contribution in [0.1, 0.15) is 58.6 Å².